The third kappa shape index (κ3) is 30.0. The molecule has 0 amide bonds. The lowest BCUT2D eigenvalue weighted by atomic mass is 10.0. The lowest BCUT2D eigenvalue weighted by Gasteiger charge is -2.19. The fourth-order valence-corrected chi connectivity index (χ4v) is 7.11. The third-order valence-corrected chi connectivity index (χ3v) is 11.0. The molecule has 0 radical (unpaired) electrons. The fraction of sp³-hybridized carbons (Fsp3) is 0.702. The van der Waals surface area contributed by atoms with Gasteiger partial charge in [-0.1, -0.05) is 120 Å². The van der Waals surface area contributed by atoms with Gasteiger partial charge in [0.25, 0.3) is 0 Å². The molecule has 11 nitrogen and oxygen atoms in total. The monoisotopic (exact) mass is 850 g/mol. The first-order valence-electron chi connectivity index (χ1n) is 22.6. The van der Waals surface area contributed by atoms with Gasteiger partial charge in [-0.25, -0.2) is 4.57 Å². The van der Waals surface area contributed by atoms with Crippen molar-refractivity contribution < 1.29 is 47.1 Å². The largest absolute Gasteiger partial charge is 0.472 e. The van der Waals surface area contributed by atoms with E-state index in [1.165, 1.54) is 43.2 Å². The van der Waals surface area contributed by atoms with Gasteiger partial charge in [0.1, 0.15) is 18.1 Å². The number of aliphatic hydroxyl groups excluding tert-OH is 1. The van der Waals surface area contributed by atoms with E-state index in [0.29, 0.717) is 25.7 Å². The van der Waals surface area contributed by atoms with Crippen LogP contribution in [0.15, 0.2) is 53.0 Å². The van der Waals surface area contributed by atoms with E-state index >= 15 is 0 Å². The number of carbonyl (C=O) groups excluding carboxylic acids is 2. The number of hydrogen-bond acceptors (Lipinski definition) is 10. The molecule has 3 atom stereocenters. The lowest BCUT2D eigenvalue weighted by molar-refractivity contribution is -0.161. The molecule has 0 spiro atoms. The maximum absolute atomic E-state index is 12.7. The molecule has 0 fully saturated rings. The first kappa shape index (κ1) is 54.2. The molecule has 59 heavy (non-hydrogen) atoms. The van der Waals surface area contributed by atoms with Crippen molar-refractivity contribution in [2.75, 3.05) is 26.4 Å². The average molecular weight is 850 g/mol. The van der Waals surface area contributed by atoms with Crippen LogP contribution in [0.2, 0.25) is 0 Å². The van der Waals surface area contributed by atoms with Gasteiger partial charge < -0.3 is 29.6 Å². The highest BCUT2D eigenvalue weighted by molar-refractivity contribution is 7.47. The molecular weight excluding hydrogens is 769 g/mol. The van der Waals surface area contributed by atoms with E-state index in [2.05, 4.69) is 64.2 Å². The zero-order valence-electron chi connectivity index (χ0n) is 37.1. The average Bonchev–Trinajstić information content (AvgIpc) is 3.48. The van der Waals surface area contributed by atoms with Crippen molar-refractivity contribution in [2.45, 2.75) is 188 Å². The van der Waals surface area contributed by atoms with Gasteiger partial charge in [0.05, 0.1) is 19.3 Å². The Bertz CT molecular complexity index is 1400. The number of aryl methyl sites for hydroxylation is 2. The molecule has 0 saturated carbocycles. The van der Waals surface area contributed by atoms with Crippen LogP contribution in [0.5, 0.6) is 0 Å². The number of esters is 2. The van der Waals surface area contributed by atoms with E-state index in [4.69, 9.17) is 28.7 Å². The van der Waals surface area contributed by atoms with E-state index in [0.717, 1.165) is 88.6 Å². The molecule has 0 bridgehead atoms. The third-order valence-electron chi connectivity index (χ3n) is 9.98. The zero-order chi connectivity index (χ0) is 43.4. The number of aliphatic hydroxyl groups is 1. The van der Waals surface area contributed by atoms with Crippen LogP contribution < -0.4 is 5.73 Å². The summed E-state index contributed by atoms with van der Waals surface area (Å²) in [5.74, 6) is 1.38. The summed E-state index contributed by atoms with van der Waals surface area (Å²) in [6, 6.07) is 0. The molecule has 12 heteroatoms. The van der Waals surface area contributed by atoms with Crippen LogP contribution in [-0.4, -0.2) is 60.5 Å². The van der Waals surface area contributed by atoms with E-state index in [9.17, 15) is 24.2 Å². The summed E-state index contributed by atoms with van der Waals surface area (Å²) in [7, 11) is -4.41. The standard InChI is InChI=1S/C47H80NO10P/c1-5-7-25-32-44-40(3)41(4)45(58-44)33-27-22-18-15-16-20-24-29-35-47(51)57-43(39-56-59(52,53)55-37-36-48)38-54-46(50)34-28-23-19-14-12-10-8-9-11-13-17-21-26-31-42(49)30-6-2/h8,10-11,13-14,19,21,26,42-43,49H,5-7,9,12,15-18,20,22-25,27-39,48H2,1-4H3,(H,52,53)/b10-8-,13-11-,19-14-,26-21-/t42?,43-/m1/s1. The number of furan rings is 1. The summed E-state index contributed by atoms with van der Waals surface area (Å²) in [5.41, 5.74) is 7.99. The van der Waals surface area contributed by atoms with E-state index in [1.807, 2.05) is 12.2 Å². The number of hydrogen-bond donors (Lipinski definition) is 3. The topological polar surface area (TPSA) is 168 Å². The van der Waals surface area contributed by atoms with Gasteiger partial charge in [0.2, 0.25) is 0 Å². The highest BCUT2D eigenvalue weighted by Gasteiger charge is 2.26. The van der Waals surface area contributed by atoms with Gasteiger partial charge in [-0.3, -0.25) is 18.6 Å². The van der Waals surface area contributed by atoms with Crippen molar-refractivity contribution in [3.05, 3.63) is 71.3 Å². The second-order valence-corrected chi connectivity index (χ2v) is 16.8. The maximum atomic E-state index is 12.7. The van der Waals surface area contributed by atoms with Crippen molar-refractivity contribution in [3.63, 3.8) is 0 Å². The first-order valence-corrected chi connectivity index (χ1v) is 24.0. The van der Waals surface area contributed by atoms with E-state index in [-0.39, 0.29) is 38.7 Å². The molecule has 0 aromatic carbocycles. The highest BCUT2D eigenvalue weighted by Crippen LogP contribution is 2.43. The zero-order valence-corrected chi connectivity index (χ0v) is 37.9. The number of carbonyl (C=O) groups is 2. The Kier molecular flexibility index (Phi) is 33.0. The number of phosphoric ester groups is 1. The minimum absolute atomic E-state index is 0.0320. The quantitative estimate of drug-likeness (QED) is 0.0251. The molecule has 338 valence electrons. The Morgan fingerprint density at radius 3 is 1.83 bits per heavy atom. The summed E-state index contributed by atoms with van der Waals surface area (Å²) < 4.78 is 39.0. The first-order chi connectivity index (χ1) is 28.5. The summed E-state index contributed by atoms with van der Waals surface area (Å²) >= 11 is 0. The molecule has 0 saturated heterocycles. The minimum atomic E-state index is -4.41. The molecule has 0 aliphatic rings. The van der Waals surface area contributed by atoms with E-state index < -0.39 is 32.5 Å². The second kappa shape index (κ2) is 35.9. The van der Waals surface area contributed by atoms with Crippen molar-refractivity contribution in [3.8, 4) is 0 Å². The maximum Gasteiger partial charge on any atom is 0.472 e. The van der Waals surface area contributed by atoms with Crippen LogP contribution in [-0.2, 0) is 45.5 Å². The van der Waals surface area contributed by atoms with Crippen LogP contribution in [0.1, 0.15) is 171 Å². The second-order valence-electron chi connectivity index (χ2n) is 15.3. The van der Waals surface area contributed by atoms with Crippen LogP contribution in [0.3, 0.4) is 0 Å². The predicted molar refractivity (Wildman–Crippen MR) is 238 cm³/mol. The molecule has 1 heterocycles. The van der Waals surface area contributed by atoms with Crippen molar-refractivity contribution in [1.29, 1.82) is 0 Å². The SMILES string of the molecule is CCCCCc1oc(CCCCCCCCCCC(=O)O[C@H](COC(=O)CCC/C=C\C/C=C\C/C=C\C/C=C\CC(O)CCC)COP(=O)(O)OCCN)c(C)c1C. The number of allylic oxidation sites excluding steroid dienone is 7. The van der Waals surface area contributed by atoms with Crippen molar-refractivity contribution in [2.24, 2.45) is 5.73 Å². The summed E-state index contributed by atoms with van der Waals surface area (Å²) in [6.07, 6.45) is 36.0. The Morgan fingerprint density at radius 1 is 0.695 bits per heavy atom. The van der Waals surface area contributed by atoms with Crippen LogP contribution in [0.4, 0.5) is 0 Å². The number of nitrogens with two attached hydrogens (primary N) is 1. The number of phosphoric acid groups is 1. The van der Waals surface area contributed by atoms with Gasteiger partial charge in [-0.2, -0.15) is 0 Å². The Labute approximate surface area is 356 Å². The smallest absolute Gasteiger partial charge is 0.466 e. The van der Waals surface area contributed by atoms with Crippen molar-refractivity contribution in [1.82, 2.24) is 0 Å². The molecule has 4 N–H and O–H groups in total. The summed E-state index contributed by atoms with van der Waals surface area (Å²) in [6.45, 7) is 7.74. The molecule has 2 unspecified atom stereocenters. The lowest BCUT2D eigenvalue weighted by Crippen LogP contribution is -2.29. The van der Waals surface area contributed by atoms with Crippen LogP contribution in [0.25, 0.3) is 0 Å². The van der Waals surface area contributed by atoms with Gasteiger partial charge in [-0.05, 0) is 89.2 Å². The summed E-state index contributed by atoms with van der Waals surface area (Å²) in [5, 5.41) is 9.73. The highest BCUT2D eigenvalue weighted by atomic mass is 31.2. The summed E-state index contributed by atoms with van der Waals surface area (Å²) in [4.78, 5) is 35.0. The minimum Gasteiger partial charge on any atom is -0.466 e. The Balaban J connectivity index is 2.30. The molecule has 1 aromatic heterocycles. The van der Waals surface area contributed by atoms with E-state index in [1.54, 1.807) is 0 Å². The van der Waals surface area contributed by atoms with Gasteiger partial charge in [-0.15, -0.1) is 0 Å². The number of unbranched alkanes of at least 4 members (excludes halogenated alkanes) is 10. The van der Waals surface area contributed by atoms with Gasteiger partial charge in [0.15, 0.2) is 6.10 Å². The van der Waals surface area contributed by atoms with Crippen LogP contribution in [0, 0.1) is 13.8 Å². The molecule has 0 aliphatic carbocycles. The predicted octanol–water partition coefficient (Wildman–Crippen LogP) is 11.3. The molecule has 1 aromatic rings. The van der Waals surface area contributed by atoms with Crippen molar-refractivity contribution >= 4 is 19.8 Å². The van der Waals surface area contributed by atoms with Gasteiger partial charge in [0, 0.05) is 32.2 Å². The molecule has 0 aliphatic heterocycles. The van der Waals surface area contributed by atoms with Crippen LogP contribution >= 0.6 is 7.82 Å². The molecule has 1 rings (SSSR count). The number of ether oxygens (including phenoxy) is 2. The Hall–Kier alpha value is -2.79. The number of rotatable bonds is 38. The fourth-order valence-electron chi connectivity index (χ4n) is 6.35. The Morgan fingerprint density at radius 2 is 1.24 bits per heavy atom. The molecular formula is C47H80NO10P. The normalized spacial score (nSPS) is 14.2. The van der Waals surface area contributed by atoms with Gasteiger partial charge >= 0.3 is 19.8 Å².